The van der Waals surface area contributed by atoms with Gasteiger partial charge in [-0.05, 0) is 43.5 Å². The molecule has 1 aliphatic heterocycles. The highest BCUT2D eigenvalue weighted by Gasteiger charge is 2.24. The van der Waals surface area contributed by atoms with E-state index >= 15 is 0 Å². The van der Waals surface area contributed by atoms with Crippen molar-refractivity contribution in [2.45, 2.75) is 25.8 Å². The fourth-order valence-corrected chi connectivity index (χ4v) is 4.14. The van der Waals surface area contributed by atoms with Crippen molar-refractivity contribution in [2.24, 2.45) is 0 Å². The molecule has 2 amide bonds. The van der Waals surface area contributed by atoms with Gasteiger partial charge in [0.2, 0.25) is 0 Å². The van der Waals surface area contributed by atoms with Crippen LogP contribution in [0.5, 0.6) is 0 Å². The molecule has 2 aromatic rings. The molecule has 1 aromatic carbocycles. The van der Waals surface area contributed by atoms with E-state index in [1.54, 1.807) is 29.2 Å². The van der Waals surface area contributed by atoms with Crippen LogP contribution in [0.15, 0.2) is 48.5 Å². The molecule has 0 aliphatic carbocycles. The quantitative estimate of drug-likeness (QED) is 0.522. The van der Waals surface area contributed by atoms with E-state index in [2.05, 4.69) is 5.32 Å². The Balaban J connectivity index is 1.37. The van der Waals surface area contributed by atoms with E-state index in [0.29, 0.717) is 32.5 Å². The summed E-state index contributed by atoms with van der Waals surface area (Å²) in [6.07, 6.45) is 3.96. The zero-order valence-electron chi connectivity index (χ0n) is 17.4. The number of nitrogens with zero attached hydrogens (tertiary/aromatic N) is 1. The third-order valence-corrected chi connectivity index (χ3v) is 5.90. The minimum absolute atomic E-state index is 0.0463. The Morgan fingerprint density at radius 1 is 1.10 bits per heavy atom. The number of esters is 1. The summed E-state index contributed by atoms with van der Waals surface area (Å²) in [6.45, 7) is 2.83. The monoisotopic (exact) mass is 442 g/mol. The second-order valence-electron chi connectivity index (χ2n) is 7.04. The SMILES string of the molecule is CCOC(=O)N1CCC(NC(=O)COC(=O)/C=C/c2ccc(-c3ccccc3)s2)CC1. The summed E-state index contributed by atoms with van der Waals surface area (Å²) >= 11 is 1.57. The maximum Gasteiger partial charge on any atom is 0.409 e. The highest BCUT2D eigenvalue weighted by molar-refractivity contribution is 7.16. The topological polar surface area (TPSA) is 84.9 Å². The van der Waals surface area contributed by atoms with Crippen LogP contribution in [0, 0.1) is 0 Å². The number of likely N-dealkylation sites (tertiary alicyclic amines) is 1. The normalized spacial score (nSPS) is 14.4. The van der Waals surface area contributed by atoms with Gasteiger partial charge in [0.1, 0.15) is 0 Å². The van der Waals surface area contributed by atoms with Gasteiger partial charge in [0, 0.05) is 35.0 Å². The molecule has 3 rings (SSSR count). The van der Waals surface area contributed by atoms with Gasteiger partial charge in [0.25, 0.3) is 5.91 Å². The Bertz CT molecular complexity index is 917. The molecule has 0 saturated carbocycles. The molecule has 1 fully saturated rings. The second-order valence-corrected chi connectivity index (χ2v) is 8.15. The first-order valence-electron chi connectivity index (χ1n) is 10.3. The van der Waals surface area contributed by atoms with E-state index in [0.717, 1.165) is 15.3 Å². The molecule has 1 aliphatic rings. The molecule has 0 atom stereocenters. The van der Waals surface area contributed by atoms with Crippen LogP contribution in [0.2, 0.25) is 0 Å². The van der Waals surface area contributed by atoms with Gasteiger partial charge in [-0.1, -0.05) is 30.3 Å². The van der Waals surface area contributed by atoms with E-state index in [1.165, 1.54) is 6.08 Å². The van der Waals surface area contributed by atoms with Crippen molar-refractivity contribution >= 4 is 35.4 Å². The predicted octanol–water partition coefficient (Wildman–Crippen LogP) is 3.71. The summed E-state index contributed by atoms with van der Waals surface area (Å²) in [6, 6.07) is 13.9. The molecule has 0 bridgehead atoms. The molecule has 0 unspecified atom stereocenters. The number of amides is 2. The number of ether oxygens (including phenoxy) is 2. The second kappa shape index (κ2) is 11.3. The zero-order valence-corrected chi connectivity index (χ0v) is 18.2. The Morgan fingerprint density at radius 2 is 1.84 bits per heavy atom. The lowest BCUT2D eigenvalue weighted by Crippen LogP contribution is -2.47. The van der Waals surface area contributed by atoms with E-state index in [1.807, 2.05) is 42.5 Å². The number of nitrogens with one attached hydrogen (secondary N) is 1. The highest BCUT2D eigenvalue weighted by Crippen LogP contribution is 2.28. The number of carbonyl (C=O) groups excluding carboxylic acids is 3. The lowest BCUT2D eigenvalue weighted by Gasteiger charge is -2.31. The molecule has 7 nitrogen and oxygen atoms in total. The minimum atomic E-state index is -0.568. The van der Waals surface area contributed by atoms with Gasteiger partial charge < -0.3 is 19.7 Å². The molecule has 1 aromatic heterocycles. The van der Waals surface area contributed by atoms with Gasteiger partial charge in [-0.2, -0.15) is 0 Å². The van der Waals surface area contributed by atoms with E-state index in [-0.39, 0.29) is 24.6 Å². The molecule has 8 heteroatoms. The van der Waals surface area contributed by atoms with Crippen LogP contribution in [0.3, 0.4) is 0 Å². The molecule has 1 saturated heterocycles. The van der Waals surface area contributed by atoms with Gasteiger partial charge in [-0.15, -0.1) is 11.3 Å². The maximum absolute atomic E-state index is 12.1. The Kier molecular flexibility index (Phi) is 8.23. The number of carbonyl (C=O) groups is 3. The third kappa shape index (κ3) is 6.96. The fraction of sp³-hybridized carbons (Fsp3) is 0.348. The van der Waals surface area contributed by atoms with Crippen LogP contribution in [-0.4, -0.2) is 55.2 Å². The molecular weight excluding hydrogens is 416 g/mol. The van der Waals surface area contributed by atoms with Gasteiger partial charge in [-0.25, -0.2) is 9.59 Å². The fourth-order valence-electron chi connectivity index (χ4n) is 3.23. The highest BCUT2D eigenvalue weighted by atomic mass is 32.1. The van der Waals surface area contributed by atoms with Crippen LogP contribution in [-0.2, 0) is 19.1 Å². The standard InChI is InChI=1S/C23H26N2O5S/c1-2-29-23(28)25-14-12-18(13-15-25)24-21(26)16-30-22(27)11-9-19-8-10-20(31-19)17-6-4-3-5-7-17/h3-11,18H,2,12-16H2,1H3,(H,24,26)/b11-9+. The summed E-state index contributed by atoms with van der Waals surface area (Å²) in [5.74, 6) is -0.916. The Hall–Kier alpha value is -3.13. The lowest BCUT2D eigenvalue weighted by molar-refractivity contribution is -0.144. The van der Waals surface area contributed by atoms with Crippen LogP contribution in [0.25, 0.3) is 16.5 Å². The lowest BCUT2D eigenvalue weighted by atomic mass is 10.1. The molecule has 2 heterocycles. The van der Waals surface area contributed by atoms with Crippen LogP contribution in [0.1, 0.15) is 24.6 Å². The number of benzene rings is 1. The van der Waals surface area contributed by atoms with E-state index in [4.69, 9.17) is 9.47 Å². The maximum atomic E-state index is 12.1. The molecular formula is C23H26N2O5S. The summed E-state index contributed by atoms with van der Waals surface area (Å²) in [5.41, 5.74) is 1.12. The van der Waals surface area contributed by atoms with E-state index < -0.39 is 5.97 Å². The van der Waals surface area contributed by atoms with Crippen molar-refractivity contribution in [1.29, 1.82) is 0 Å². The largest absolute Gasteiger partial charge is 0.452 e. The Morgan fingerprint density at radius 3 is 2.55 bits per heavy atom. The average Bonchev–Trinajstić information content (AvgIpc) is 3.27. The van der Waals surface area contributed by atoms with Crippen LogP contribution in [0.4, 0.5) is 4.79 Å². The van der Waals surface area contributed by atoms with Crippen molar-refractivity contribution in [3.8, 4) is 10.4 Å². The molecule has 0 spiro atoms. The third-order valence-electron chi connectivity index (χ3n) is 4.80. The minimum Gasteiger partial charge on any atom is -0.452 e. The zero-order chi connectivity index (χ0) is 22.1. The predicted molar refractivity (Wildman–Crippen MR) is 120 cm³/mol. The number of thiophene rings is 1. The number of hydrogen-bond donors (Lipinski definition) is 1. The molecule has 1 N–H and O–H groups in total. The molecule has 0 radical (unpaired) electrons. The van der Waals surface area contributed by atoms with Gasteiger partial charge in [-0.3, -0.25) is 4.79 Å². The van der Waals surface area contributed by atoms with Crippen molar-refractivity contribution in [2.75, 3.05) is 26.3 Å². The summed E-state index contributed by atoms with van der Waals surface area (Å²) < 4.78 is 10.0. The smallest absolute Gasteiger partial charge is 0.409 e. The van der Waals surface area contributed by atoms with Gasteiger partial charge >= 0.3 is 12.1 Å². The number of hydrogen-bond acceptors (Lipinski definition) is 6. The van der Waals surface area contributed by atoms with Crippen molar-refractivity contribution in [1.82, 2.24) is 10.2 Å². The summed E-state index contributed by atoms with van der Waals surface area (Å²) in [4.78, 5) is 39.3. The molecule has 164 valence electrons. The van der Waals surface area contributed by atoms with Gasteiger partial charge in [0.15, 0.2) is 6.61 Å². The van der Waals surface area contributed by atoms with Crippen molar-refractivity contribution in [3.05, 3.63) is 53.4 Å². The average molecular weight is 443 g/mol. The van der Waals surface area contributed by atoms with Crippen molar-refractivity contribution in [3.63, 3.8) is 0 Å². The van der Waals surface area contributed by atoms with Crippen molar-refractivity contribution < 1.29 is 23.9 Å². The first kappa shape index (κ1) is 22.6. The van der Waals surface area contributed by atoms with Gasteiger partial charge in [0.05, 0.1) is 6.61 Å². The first-order chi connectivity index (χ1) is 15.0. The van der Waals surface area contributed by atoms with Crippen LogP contribution >= 0.6 is 11.3 Å². The van der Waals surface area contributed by atoms with E-state index in [9.17, 15) is 14.4 Å². The molecule has 31 heavy (non-hydrogen) atoms. The number of piperidine rings is 1. The first-order valence-corrected chi connectivity index (χ1v) is 11.1. The summed E-state index contributed by atoms with van der Waals surface area (Å²) in [7, 11) is 0. The van der Waals surface area contributed by atoms with Crippen LogP contribution < -0.4 is 5.32 Å². The number of rotatable bonds is 7. The summed E-state index contributed by atoms with van der Waals surface area (Å²) in [5, 5.41) is 2.84. The Labute approximate surface area is 185 Å².